The largest absolute Gasteiger partial charge is 0.469 e. The Hall–Kier alpha value is -1.45. The molecule has 0 bridgehead atoms. The maximum absolute atomic E-state index is 11.5. The molecule has 0 N–H and O–H groups in total. The van der Waals surface area contributed by atoms with Gasteiger partial charge in [-0.15, -0.1) is 0 Å². The van der Waals surface area contributed by atoms with Gasteiger partial charge in [0.05, 0.1) is 7.11 Å². The van der Waals surface area contributed by atoms with Gasteiger partial charge < -0.3 is 9.53 Å². The Balaban J connectivity index is 2.21. The maximum Gasteiger partial charge on any atom is 0.305 e. The summed E-state index contributed by atoms with van der Waals surface area (Å²) < 4.78 is 4.53. The Labute approximate surface area is 107 Å². The van der Waals surface area contributed by atoms with Gasteiger partial charge in [0.25, 0.3) is 0 Å². The van der Waals surface area contributed by atoms with E-state index in [4.69, 9.17) is 0 Å². The molecular weight excluding hydrogens is 232 g/mol. The number of hydrogen-bond acceptors (Lipinski definition) is 4. The van der Waals surface area contributed by atoms with Crippen molar-refractivity contribution in [3.05, 3.63) is 12.2 Å². The fraction of sp³-hybridized carbons (Fsp3) is 0.643. The summed E-state index contributed by atoms with van der Waals surface area (Å²) in [4.78, 5) is 33.2. The second-order valence-corrected chi connectivity index (χ2v) is 4.59. The Kier molecular flexibility index (Phi) is 6.33. The van der Waals surface area contributed by atoms with Gasteiger partial charge in [0, 0.05) is 24.7 Å². The van der Waals surface area contributed by atoms with E-state index in [0.717, 1.165) is 19.1 Å². The number of Topliss-reactive ketones (excluding diaryl/α,β-unsaturated/α-hetero) is 1. The predicted molar refractivity (Wildman–Crippen MR) is 66.9 cm³/mol. The van der Waals surface area contributed by atoms with Gasteiger partial charge in [-0.1, -0.05) is 12.2 Å². The Morgan fingerprint density at radius 2 is 2.22 bits per heavy atom. The molecule has 1 rings (SSSR count). The smallest absolute Gasteiger partial charge is 0.305 e. The van der Waals surface area contributed by atoms with Crippen LogP contribution in [-0.2, 0) is 19.1 Å². The van der Waals surface area contributed by atoms with Crippen LogP contribution in [0.4, 0.5) is 0 Å². The number of rotatable bonds is 7. The minimum Gasteiger partial charge on any atom is -0.469 e. The van der Waals surface area contributed by atoms with E-state index in [0.29, 0.717) is 25.7 Å². The number of ketones is 1. The first-order chi connectivity index (χ1) is 8.69. The van der Waals surface area contributed by atoms with E-state index in [2.05, 4.69) is 4.74 Å². The molecule has 0 unspecified atom stereocenters. The van der Waals surface area contributed by atoms with Crippen LogP contribution in [0.15, 0.2) is 12.2 Å². The molecule has 4 heteroatoms. The van der Waals surface area contributed by atoms with Crippen molar-refractivity contribution in [1.29, 1.82) is 0 Å². The molecule has 0 saturated heterocycles. The summed E-state index contributed by atoms with van der Waals surface area (Å²) in [6.45, 7) is 0. The molecule has 100 valence electrons. The van der Waals surface area contributed by atoms with Gasteiger partial charge in [0.1, 0.15) is 12.1 Å². The average Bonchev–Trinajstić information content (AvgIpc) is 2.74. The second-order valence-electron chi connectivity index (χ2n) is 4.59. The van der Waals surface area contributed by atoms with Crippen LogP contribution in [0.25, 0.3) is 0 Å². The van der Waals surface area contributed by atoms with Crippen LogP contribution in [0.5, 0.6) is 0 Å². The van der Waals surface area contributed by atoms with E-state index in [9.17, 15) is 14.4 Å². The summed E-state index contributed by atoms with van der Waals surface area (Å²) in [5, 5.41) is 0. The van der Waals surface area contributed by atoms with Crippen molar-refractivity contribution < 1.29 is 19.1 Å². The summed E-state index contributed by atoms with van der Waals surface area (Å²) >= 11 is 0. The van der Waals surface area contributed by atoms with Crippen molar-refractivity contribution in [2.45, 2.75) is 38.5 Å². The molecule has 2 atom stereocenters. The summed E-state index contributed by atoms with van der Waals surface area (Å²) in [5.74, 6) is -0.224. The number of carbonyl (C=O) groups is 3. The van der Waals surface area contributed by atoms with Crippen LogP contribution in [0.1, 0.15) is 38.5 Å². The second kappa shape index (κ2) is 7.80. The number of methoxy groups -OCH3 is 1. The Bertz CT molecular complexity index is 333. The molecule has 0 aliphatic heterocycles. The van der Waals surface area contributed by atoms with Crippen molar-refractivity contribution in [2.24, 2.45) is 11.8 Å². The van der Waals surface area contributed by atoms with Crippen LogP contribution in [0.3, 0.4) is 0 Å². The predicted octanol–water partition coefficient (Wildman–Crippen LogP) is 2.07. The van der Waals surface area contributed by atoms with Crippen molar-refractivity contribution in [3.63, 3.8) is 0 Å². The Morgan fingerprint density at radius 1 is 1.44 bits per heavy atom. The van der Waals surface area contributed by atoms with Crippen molar-refractivity contribution >= 4 is 18.0 Å². The van der Waals surface area contributed by atoms with E-state index in [1.165, 1.54) is 7.11 Å². The van der Waals surface area contributed by atoms with Gasteiger partial charge in [-0.25, -0.2) is 0 Å². The van der Waals surface area contributed by atoms with Crippen LogP contribution in [-0.4, -0.2) is 25.1 Å². The van der Waals surface area contributed by atoms with E-state index >= 15 is 0 Å². The highest BCUT2D eigenvalue weighted by Crippen LogP contribution is 2.29. The SMILES string of the molecule is COC(=O)CCCC=CC[C@@H]1C(=O)CC[C@H]1C=O. The lowest BCUT2D eigenvalue weighted by atomic mass is 9.93. The highest BCUT2D eigenvalue weighted by atomic mass is 16.5. The first-order valence-corrected chi connectivity index (χ1v) is 6.39. The minimum absolute atomic E-state index is 0.0998. The van der Waals surface area contributed by atoms with E-state index in [1.54, 1.807) is 0 Å². The zero-order valence-electron chi connectivity index (χ0n) is 10.8. The summed E-state index contributed by atoms with van der Waals surface area (Å²) in [6, 6.07) is 0. The molecule has 0 radical (unpaired) electrons. The number of unbranched alkanes of at least 4 members (excludes halogenated alkanes) is 1. The fourth-order valence-electron chi connectivity index (χ4n) is 2.23. The normalized spacial score (nSPS) is 23.5. The van der Waals surface area contributed by atoms with E-state index < -0.39 is 0 Å². The molecule has 0 aromatic heterocycles. The van der Waals surface area contributed by atoms with E-state index in [-0.39, 0.29) is 23.6 Å². The molecule has 0 aromatic carbocycles. The first kappa shape index (κ1) is 14.6. The summed E-state index contributed by atoms with van der Waals surface area (Å²) in [6.07, 6.45) is 8.65. The lowest BCUT2D eigenvalue weighted by molar-refractivity contribution is -0.140. The molecule has 0 aromatic rings. The number of esters is 1. The van der Waals surface area contributed by atoms with E-state index in [1.807, 2.05) is 12.2 Å². The highest BCUT2D eigenvalue weighted by molar-refractivity contribution is 5.87. The molecule has 1 aliphatic carbocycles. The molecule has 4 nitrogen and oxygen atoms in total. The maximum atomic E-state index is 11.5. The third-order valence-electron chi connectivity index (χ3n) is 3.37. The van der Waals surface area contributed by atoms with Gasteiger partial charge >= 0.3 is 5.97 Å². The average molecular weight is 252 g/mol. The van der Waals surface area contributed by atoms with Crippen LogP contribution < -0.4 is 0 Å². The molecule has 1 saturated carbocycles. The third-order valence-corrected chi connectivity index (χ3v) is 3.37. The Morgan fingerprint density at radius 3 is 2.89 bits per heavy atom. The summed E-state index contributed by atoms with van der Waals surface area (Å²) in [7, 11) is 1.38. The van der Waals surface area contributed by atoms with Crippen LogP contribution in [0, 0.1) is 11.8 Å². The molecule has 0 spiro atoms. The zero-order valence-corrected chi connectivity index (χ0v) is 10.8. The lowest BCUT2D eigenvalue weighted by Crippen LogP contribution is -2.14. The fourth-order valence-corrected chi connectivity index (χ4v) is 2.23. The van der Waals surface area contributed by atoms with Crippen molar-refractivity contribution in [2.75, 3.05) is 7.11 Å². The first-order valence-electron chi connectivity index (χ1n) is 6.39. The highest BCUT2D eigenvalue weighted by Gasteiger charge is 2.32. The lowest BCUT2D eigenvalue weighted by Gasteiger charge is -2.09. The van der Waals surface area contributed by atoms with Gasteiger partial charge in [-0.3, -0.25) is 9.59 Å². The van der Waals surface area contributed by atoms with Crippen molar-refractivity contribution in [1.82, 2.24) is 0 Å². The monoisotopic (exact) mass is 252 g/mol. The number of aldehydes is 1. The molecule has 18 heavy (non-hydrogen) atoms. The van der Waals surface area contributed by atoms with Crippen LogP contribution >= 0.6 is 0 Å². The quantitative estimate of drug-likeness (QED) is 0.301. The number of carbonyl (C=O) groups excluding carboxylic acids is 3. The number of allylic oxidation sites excluding steroid dienone is 2. The molecule has 1 aliphatic rings. The van der Waals surface area contributed by atoms with Crippen molar-refractivity contribution in [3.8, 4) is 0 Å². The molecule has 1 fully saturated rings. The number of ether oxygens (including phenoxy) is 1. The van der Waals surface area contributed by atoms with Crippen LogP contribution in [0.2, 0.25) is 0 Å². The van der Waals surface area contributed by atoms with Gasteiger partial charge in [-0.05, 0) is 25.7 Å². The standard InChI is InChI=1S/C14H20O4/c1-18-14(17)7-5-3-2-4-6-12-11(10-15)8-9-13(12)16/h2,4,10-12H,3,5-9H2,1H3/t11-,12-/m0/s1. The topological polar surface area (TPSA) is 60.4 Å². The third kappa shape index (κ3) is 4.43. The zero-order chi connectivity index (χ0) is 13.4. The molecule has 0 amide bonds. The van der Waals surface area contributed by atoms with Gasteiger partial charge in [0.15, 0.2) is 0 Å². The number of hydrogen-bond donors (Lipinski definition) is 0. The molecular formula is C14H20O4. The minimum atomic E-state index is -0.199. The van der Waals surface area contributed by atoms with Gasteiger partial charge in [-0.2, -0.15) is 0 Å². The molecule has 0 heterocycles. The van der Waals surface area contributed by atoms with Gasteiger partial charge in [0.2, 0.25) is 0 Å². The summed E-state index contributed by atoms with van der Waals surface area (Å²) in [5.41, 5.74) is 0.